The van der Waals surface area contributed by atoms with E-state index in [1.807, 2.05) is 30.3 Å². The van der Waals surface area contributed by atoms with Gasteiger partial charge in [-0.15, -0.1) is 0 Å². The Morgan fingerprint density at radius 2 is 1.85 bits per heavy atom. The van der Waals surface area contributed by atoms with Crippen molar-refractivity contribution in [3.8, 4) is 5.75 Å². The lowest BCUT2D eigenvalue weighted by molar-refractivity contribution is -0.132. The Labute approximate surface area is 160 Å². The number of nitrogens with one attached hydrogen (secondary N) is 2. The van der Waals surface area contributed by atoms with Gasteiger partial charge >= 0.3 is 5.97 Å². The van der Waals surface area contributed by atoms with Gasteiger partial charge in [-0.1, -0.05) is 42.1 Å². The molecule has 1 aliphatic heterocycles. The number of amides is 2. The number of rotatable bonds is 5. The van der Waals surface area contributed by atoms with Crippen molar-refractivity contribution in [3.05, 3.63) is 54.6 Å². The summed E-state index contributed by atoms with van der Waals surface area (Å²) in [6.45, 7) is 1.28. The molecule has 2 aromatic rings. The highest BCUT2D eigenvalue weighted by atomic mass is 32.2. The van der Waals surface area contributed by atoms with Crippen molar-refractivity contribution in [2.45, 2.75) is 18.6 Å². The number of carbonyl (C=O) groups excluding carboxylic acids is 3. The number of amidine groups is 1. The number of carbonyl (C=O) groups is 3. The van der Waals surface area contributed by atoms with Crippen molar-refractivity contribution in [1.82, 2.24) is 5.32 Å². The molecule has 0 saturated carbocycles. The van der Waals surface area contributed by atoms with Gasteiger partial charge in [-0.05, 0) is 24.3 Å². The Morgan fingerprint density at radius 1 is 1.15 bits per heavy atom. The van der Waals surface area contributed by atoms with Crippen LogP contribution >= 0.6 is 11.8 Å². The molecule has 1 fully saturated rings. The van der Waals surface area contributed by atoms with Crippen LogP contribution in [0.25, 0.3) is 0 Å². The summed E-state index contributed by atoms with van der Waals surface area (Å²) in [4.78, 5) is 40.0. The molecule has 3 rings (SSSR count). The first-order chi connectivity index (χ1) is 13.0. The van der Waals surface area contributed by atoms with Crippen LogP contribution < -0.4 is 15.4 Å². The average Bonchev–Trinajstić information content (AvgIpc) is 2.96. The van der Waals surface area contributed by atoms with Crippen molar-refractivity contribution in [2.75, 3.05) is 5.32 Å². The fourth-order valence-electron chi connectivity index (χ4n) is 2.40. The van der Waals surface area contributed by atoms with E-state index in [1.165, 1.54) is 18.7 Å². The minimum Gasteiger partial charge on any atom is -0.424 e. The minimum absolute atomic E-state index is 0.0291. The first-order valence-corrected chi connectivity index (χ1v) is 9.08. The quantitative estimate of drug-likeness (QED) is 0.611. The summed E-state index contributed by atoms with van der Waals surface area (Å²) < 4.78 is 5.06. The molecule has 0 aliphatic carbocycles. The monoisotopic (exact) mass is 383 g/mol. The molecule has 1 heterocycles. The predicted octanol–water partition coefficient (Wildman–Crippen LogP) is 2.86. The molecule has 27 heavy (non-hydrogen) atoms. The van der Waals surface area contributed by atoms with E-state index in [4.69, 9.17) is 4.74 Å². The summed E-state index contributed by atoms with van der Waals surface area (Å²) in [5.41, 5.74) is 1.10. The summed E-state index contributed by atoms with van der Waals surface area (Å²) in [6, 6.07) is 15.9. The van der Waals surface area contributed by atoms with Gasteiger partial charge in [0.25, 0.3) is 0 Å². The van der Waals surface area contributed by atoms with Gasteiger partial charge in [0.15, 0.2) is 10.9 Å². The van der Waals surface area contributed by atoms with Crippen LogP contribution in [0.3, 0.4) is 0 Å². The Hall–Kier alpha value is -3.13. The Bertz CT molecular complexity index is 899. The fourth-order valence-corrected chi connectivity index (χ4v) is 3.38. The van der Waals surface area contributed by atoms with Gasteiger partial charge in [0.1, 0.15) is 5.25 Å². The summed E-state index contributed by atoms with van der Waals surface area (Å²) in [6.07, 6.45) is -0.0291. The third kappa shape index (κ3) is 5.18. The van der Waals surface area contributed by atoms with Crippen LogP contribution in [0.1, 0.15) is 13.3 Å². The SMILES string of the molecule is CC(=O)Oc1ccccc1NC(=O)C[C@@H]1SC(=Nc2ccccc2)NC1=O. The van der Waals surface area contributed by atoms with E-state index >= 15 is 0 Å². The van der Waals surface area contributed by atoms with E-state index in [-0.39, 0.29) is 24.0 Å². The number of esters is 1. The largest absolute Gasteiger partial charge is 0.424 e. The number of hydrogen-bond acceptors (Lipinski definition) is 6. The normalized spacial score (nSPS) is 17.4. The lowest BCUT2D eigenvalue weighted by Gasteiger charge is -2.11. The van der Waals surface area contributed by atoms with Crippen LogP contribution in [0.2, 0.25) is 0 Å². The van der Waals surface area contributed by atoms with Gasteiger partial charge in [0.2, 0.25) is 11.8 Å². The number of hydrogen-bond donors (Lipinski definition) is 2. The van der Waals surface area contributed by atoms with E-state index in [1.54, 1.807) is 24.3 Å². The van der Waals surface area contributed by atoms with E-state index in [2.05, 4.69) is 15.6 Å². The summed E-state index contributed by atoms with van der Waals surface area (Å²) in [5, 5.41) is 5.25. The van der Waals surface area contributed by atoms with Crippen LogP contribution in [-0.4, -0.2) is 28.2 Å². The first-order valence-electron chi connectivity index (χ1n) is 8.20. The number of para-hydroxylation sites is 3. The van der Waals surface area contributed by atoms with Gasteiger partial charge < -0.3 is 15.4 Å². The topological polar surface area (TPSA) is 96.9 Å². The molecule has 8 heteroatoms. The predicted molar refractivity (Wildman–Crippen MR) is 104 cm³/mol. The first kappa shape index (κ1) is 18.7. The minimum atomic E-state index is -0.576. The highest BCUT2D eigenvalue weighted by molar-refractivity contribution is 8.15. The molecule has 1 aliphatic rings. The van der Waals surface area contributed by atoms with E-state index in [9.17, 15) is 14.4 Å². The Balaban J connectivity index is 1.63. The number of anilines is 1. The van der Waals surface area contributed by atoms with E-state index in [0.29, 0.717) is 10.9 Å². The molecule has 0 unspecified atom stereocenters. The van der Waals surface area contributed by atoms with Crippen molar-refractivity contribution in [1.29, 1.82) is 0 Å². The van der Waals surface area contributed by atoms with Crippen LogP contribution in [0, 0.1) is 0 Å². The number of nitrogens with zero attached hydrogens (tertiary/aromatic N) is 1. The molecule has 7 nitrogen and oxygen atoms in total. The van der Waals surface area contributed by atoms with Crippen molar-refractivity contribution >= 4 is 46.1 Å². The molecule has 138 valence electrons. The van der Waals surface area contributed by atoms with Crippen molar-refractivity contribution < 1.29 is 19.1 Å². The maximum absolute atomic E-state index is 12.3. The van der Waals surface area contributed by atoms with Gasteiger partial charge in [0, 0.05) is 13.3 Å². The second-order valence-corrected chi connectivity index (χ2v) is 6.88. The van der Waals surface area contributed by atoms with E-state index < -0.39 is 11.2 Å². The van der Waals surface area contributed by atoms with Crippen molar-refractivity contribution in [3.63, 3.8) is 0 Å². The summed E-state index contributed by atoms with van der Waals surface area (Å²) in [5.74, 6) is -0.848. The summed E-state index contributed by atoms with van der Waals surface area (Å²) >= 11 is 1.21. The highest BCUT2D eigenvalue weighted by Gasteiger charge is 2.32. The zero-order valence-electron chi connectivity index (χ0n) is 14.5. The Kier molecular flexibility index (Phi) is 5.87. The molecule has 2 N–H and O–H groups in total. The third-order valence-electron chi connectivity index (χ3n) is 3.55. The molecule has 2 amide bonds. The lowest BCUT2D eigenvalue weighted by Crippen LogP contribution is -2.28. The zero-order chi connectivity index (χ0) is 19.2. The number of aliphatic imine (C=N–C) groups is 1. The highest BCUT2D eigenvalue weighted by Crippen LogP contribution is 2.27. The Morgan fingerprint density at radius 3 is 2.59 bits per heavy atom. The number of ether oxygens (including phenoxy) is 1. The molecule has 0 bridgehead atoms. The number of thioether (sulfide) groups is 1. The average molecular weight is 383 g/mol. The van der Waals surface area contributed by atoms with Gasteiger partial charge in [-0.2, -0.15) is 0 Å². The van der Waals surface area contributed by atoms with Gasteiger partial charge in [-0.25, -0.2) is 4.99 Å². The van der Waals surface area contributed by atoms with Gasteiger partial charge in [-0.3, -0.25) is 14.4 Å². The molecular weight excluding hydrogens is 366 g/mol. The smallest absolute Gasteiger partial charge is 0.308 e. The second-order valence-electron chi connectivity index (χ2n) is 5.69. The van der Waals surface area contributed by atoms with Crippen molar-refractivity contribution in [2.24, 2.45) is 4.99 Å². The number of benzene rings is 2. The second kappa shape index (κ2) is 8.50. The standard InChI is InChI=1S/C19H17N3O4S/c1-12(23)26-15-10-6-5-9-14(15)21-17(24)11-16-18(25)22-19(27-16)20-13-7-3-2-4-8-13/h2-10,16H,11H2,1H3,(H,21,24)(H,20,22,25)/t16-/m0/s1. The molecule has 1 saturated heterocycles. The molecule has 0 spiro atoms. The van der Waals surface area contributed by atoms with E-state index in [0.717, 1.165) is 5.69 Å². The maximum Gasteiger partial charge on any atom is 0.308 e. The lowest BCUT2D eigenvalue weighted by atomic mass is 10.2. The molecule has 0 aromatic heterocycles. The molecule has 0 radical (unpaired) electrons. The molecule has 2 aromatic carbocycles. The van der Waals surface area contributed by atoms with Crippen LogP contribution in [-0.2, 0) is 14.4 Å². The van der Waals surface area contributed by atoms with Crippen LogP contribution in [0.4, 0.5) is 11.4 Å². The molecule has 1 atom stereocenters. The molecular formula is C19H17N3O4S. The van der Waals surface area contributed by atoms with Gasteiger partial charge in [0.05, 0.1) is 11.4 Å². The third-order valence-corrected chi connectivity index (χ3v) is 4.63. The zero-order valence-corrected chi connectivity index (χ0v) is 15.3. The maximum atomic E-state index is 12.3. The van der Waals surface area contributed by atoms with Crippen LogP contribution in [0.15, 0.2) is 59.6 Å². The fraction of sp³-hybridized carbons (Fsp3) is 0.158. The summed E-state index contributed by atoms with van der Waals surface area (Å²) in [7, 11) is 0. The van der Waals surface area contributed by atoms with Crippen LogP contribution in [0.5, 0.6) is 5.75 Å².